The molecule has 29 rings (SSSR count). The summed E-state index contributed by atoms with van der Waals surface area (Å²) in [4.78, 5) is 0. The van der Waals surface area contributed by atoms with E-state index in [2.05, 4.69) is 68.4 Å². The second kappa shape index (κ2) is 30.4. The average molecular weight is 1730 g/mol. The molecular formula is C131H82O3. The Balaban J connectivity index is 0.000000115. The van der Waals surface area contributed by atoms with Crippen molar-refractivity contribution in [2.24, 2.45) is 0 Å². The lowest BCUT2D eigenvalue weighted by atomic mass is 9.81. The third kappa shape index (κ3) is 11.9. The fraction of sp³-hybridized carbons (Fsp3) is 0.0229. The Morgan fingerprint density at radius 2 is 0.485 bits per heavy atom. The Bertz CT molecular complexity index is 11200. The summed E-state index contributed by atoms with van der Waals surface area (Å²) in [5, 5.41) is 16.3. The van der Waals surface area contributed by atoms with Crippen molar-refractivity contribution in [3.8, 4) is 89.0 Å². The fourth-order valence-electron chi connectivity index (χ4n) is 21.5. The maximum absolute atomic E-state index is 9.51. The molecule has 0 aliphatic heterocycles. The van der Waals surface area contributed by atoms with E-state index >= 15 is 0 Å². The largest absolute Gasteiger partial charge is 0.456 e. The SMILES string of the molecule is [2H]c1c([2H])c([2H])c2c(-c3cccc4oc5ccccc5c34)c3c([2H])c([2H])c([2H])c([2H])c3c(-c3cc4ccc5ccccc5c4c4ccccc34)c2c1[2H].[2H]c1c([2H])c([2H])c2c(-c3cccc4oc5ccccc5c34)c3c([2H])c([2H])c([2H])c([2H])c3c(-c3ccc4c(ccc5ccccc54)c3)c2c1[2H].[2H]c1c([2H])c([2H])c2c(-c3cccc4oc5ccccc5c34)c3c([2H])c([2H])c([2H])c([2H])c3c(-c3cccc(-c4ccc5c(c4)C(C)(C)c4ccccc4-5)c3)c2c1[2H]. The monoisotopic (exact) mass is 1730 g/mol. The van der Waals surface area contributed by atoms with Crippen molar-refractivity contribution in [1.82, 2.24) is 0 Å². The van der Waals surface area contributed by atoms with Gasteiger partial charge in [0.1, 0.15) is 33.5 Å². The van der Waals surface area contributed by atoms with Crippen LogP contribution in [0.1, 0.15) is 57.9 Å². The van der Waals surface area contributed by atoms with E-state index in [1.807, 2.05) is 243 Å². The quantitative estimate of drug-likeness (QED) is 0.118. The predicted octanol–water partition coefficient (Wildman–Crippen LogP) is 37.4. The summed E-state index contributed by atoms with van der Waals surface area (Å²) in [6.45, 7) is 4.45. The molecule has 28 aromatic rings. The molecule has 0 bridgehead atoms. The number of hydrogen-bond donors (Lipinski definition) is 0. The molecule has 3 heterocycles. The van der Waals surface area contributed by atoms with Gasteiger partial charge in [0.25, 0.3) is 0 Å². The first-order chi connectivity index (χ1) is 76.2. The van der Waals surface area contributed by atoms with Crippen molar-refractivity contribution in [1.29, 1.82) is 0 Å². The maximum atomic E-state index is 9.51. The predicted molar refractivity (Wildman–Crippen MR) is 569 cm³/mol. The lowest BCUT2D eigenvalue weighted by molar-refractivity contribution is 0.660. The van der Waals surface area contributed by atoms with Gasteiger partial charge in [0.15, 0.2) is 0 Å². The lowest BCUT2D eigenvalue weighted by Gasteiger charge is -2.22. The molecule has 0 N–H and O–H groups in total. The molecule has 0 radical (unpaired) electrons. The van der Waals surface area contributed by atoms with Crippen LogP contribution < -0.4 is 0 Å². The Morgan fingerprint density at radius 3 is 0.963 bits per heavy atom. The van der Waals surface area contributed by atoms with Crippen LogP contribution in [0.25, 0.3) is 273 Å². The first-order valence-electron chi connectivity index (χ1n) is 56.4. The van der Waals surface area contributed by atoms with Gasteiger partial charge in [0, 0.05) is 37.7 Å². The van der Waals surface area contributed by atoms with Crippen LogP contribution in [-0.2, 0) is 5.41 Å². The van der Waals surface area contributed by atoms with Crippen LogP contribution in [0.4, 0.5) is 0 Å². The molecule has 134 heavy (non-hydrogen) atoms. The van der Waals surface area contributed by atoms with Crippen molar-refractivity contribution in [3.63, 3.8) is 0 Å². The number of rotatable bonds is 7. The molecule has 0 unspecified atom stereocenters. The van der Waals surface area contributed by atoms with Gasteiger partial charge in [0.2, 0.25) is 0 Å². The summed E-state index contributed by atoms with van der Waals surface area (Å²) in [5.41, 5.74) is 15.2. The van der Waals surface area contributed by atoms with Crippen LogP contribution in [0.3, 0.4) is 0 Å². The summed E-state index contributed by atoms with van der Waals surface area (Å²) < 4.78 is 238. The summed E-state index contributed by atoms with van der Waals surface area (Å²) in [6, 6.07) is 92.7. The number of benzene rings is 25. The van der Waals surface area contributed by atoms with Gasteiger partial charge in [0.05, 0.1) is 32.9 Å². The summed E-state index contributed by atoms with van der Waals surface area (Å²) >= 11 is 0. The Hall–Kier alpha value is -17.2. The topological polar surface area (TPSA) is 39.4 Å². The van der Waals surface area contributed by atoms with E-state index in [9.17, 15) is 16.4 Å². The molecule has 1 aliphatic carbocycles. The van der Waals surface area contributed by atoms with Crippen LogP contribution in [0.5, 0.6) is 0 Å². The van der Waals surface area contributed by atoms with E-state index in [4.69, 9.17) is 29.7 Å². The minimum absolute atomic E-state index is 0.170. The Kier molecular flexibility index (Phi) is 12.8. The van der Waals surface area contributed by atoms with E-state index < -0.39 is 72.5 Å². The van der Waals surface area contributed by atoms with Crippen molar-refractivity contribution in [2.45, 2.75) is 19.3 Å². The molecule has 0 atom stereocenters. The number of hydrogen-bond acceptors (Lipinski definition) is 3. The third-order valence-corrected chi connectivity index (χ3v) is 27.3. The van der Waals surface area contributed by atoms with E-state index in [-0.39, 0.29) is 143 Å². The molecule has 0 saturated carbocycles. The summed E-state index contributed by atoms with van der Waals surface area (Å²) in [5.74, 6) is 0. The van der Waals surface area contributed by atoms with E-state index in [0.29, 0.717) is 116 Å². The van der Waals surface area contributed by atoms with Gasteiger partial charge < -0.3 is 13.3 Å². The first-order valence-corrected chi connectivity index (χ1v) is 44.4. The normalized spacial score (nSPS) is 15.0. The second-order valence-electron chi connectivity index (χ2n) is 34.7. The van der Waals surface area contributed by atoms with Gasteiger partial charge in [-0.15, -0.1) is 0 Å². The highest BCUT2D eigenvalue weighted by atomic mass is 16.3. The molecule has 0 saturated heterocycles. The highest BCUT2D eigenvalue weighted by molar-refractivity contribution is 6.33. The number of para-hydroxylation sites is 3. The Labute approximate surface area is 806 Å². The molecule has 0 amide bonds. The number of fused-ring (bicyclic) bond motifs is 26. The van der Waals surface area contributed by atoms with Crippen LogP contribution in [-0.4, -0.2) is 0 Å². The molecule has 0 spiro atoms. The van der Waals surface area contributed by atoms with Crippen LogP contribution in [0.2, 0.25) is 0 Å². The first kappa shape index (κ1) is 56.3. The molecule has 3 heteroatoms. The second-order valence-corrected chi connectivity index (χ2v) is 34.7. The highest BCUT2D eigenvalue weighted by Crippen LogP contribution is 2.55. The lowest BCUT2D eigenvalue weighted by Crippen LogP contribution is -2.14. The smallest absolute Gasteiger partial charge is 0.136 e. The summed E-state index contributed by atoms with van der Waals surface area (Å²) in [7, 11) is 0. The van der Waals surface area contributed by atoms with Crippen LogP contribution in [0, 0.1) is 0 Å². The zero-order chi connectivity index (χ0) is 109. The van der Waals surface area contributed by atoms with Gasteiger partial charge in [-0.25, -0.2) is 0 Å². The standard InChI is InChI=1S/C47H32O.C44H26O.C40H24O/c1-47(2)40-22-9-7-15-32(40)33-26-25-30(28-41(33)47)29-13-11-14-31(27-29)44-34-16-3-5-18-36(34)45(37-19-6-4-17-35(37)44)39-21-12-24-43-46(39)38-20-8-10-23-42(38)48-43;1-2-13-29-27(12-1)24-25-28-26-38(30-14-3-4-15-31(30)41(28)29)43-34-18-7-5-16-32(34)42(33-17-6-8-19-35(33)43)37-21-11-23-40-44(37)36-20-9-10-22-39(36)45-40;1-2-11-28-25(10-1)20-21-26-24-27(22-23-29(26)28)38-30-12-3-5-14-32(30)39(33-15-6-4-13-31(33)38)35-17-9-19-37-40(35)34-16-7-8-18-36(34)41-37/h3-28H,1-2H3;1-26H;1-24H/i3D,4D,5D,6D,16D,17D,18D,19D;5D,6D,7D,8D,16D,17D,18D,19D;3D,4D,5D,6D,12D,13D,14D,15D. The minimum atomic E-state index is -0.436. The van der Waals surface area contributed by atoms with Gasteiger partial charge in [-0.05, 0) is 279 Å². The average Bonchev–Trinajstić information content (AvgIpc) is 0.982. The molecule has 624 valence electrons. The van der Waals surface area contributed by atoms with E-state index in [0.717, 1.165) is 81.1 Å². The van der Waals surface area contributed by atoms with Crippen LogP contribution >= 0.6 is 0 Å². The van der Waals surface area contributed by atoms with E-state index in [1.54, 1.807) is 18.2 Å². The highest BCUT2D eigenvalue weighted by Gasteiger charge is 2.36. The molecule has 3 aromatic heterocycles. The zero-order valence-electron chi connectivity index (χ0n) is 95.7. The van der Waals surface area contributed by atoms with Gasteiger partial charge >= 0.3 is 0 Å². The maximum Gasteiger partial charge on any atom is 0.136 e. The Morgan fingerprint density at radius 1 is 0.172 bits per heavy atom. The minimum Gasteiger partial charge on any atom is -0.456 e. The molecule has 3 nitrogen and oxygen atoms in total. The molecular weight excluding hydrogens is 1620 g/mol. The van der Waals surface area contributed by atoms with Gasteiger partial charge in [-0.1, -0.05) is 414 Å². The molecule has 1 aliphatic rings. The van der Waals surface area contributed by atoms with E-state index in [1.165, 1.54) is 22.3 Å². The summed E-state index contributed by atoms with van der Waals surface area (Å²) in [6.07, 6.45) is 0. The van der Waals surface area contributed by atoms with Crippen LogP contribution in [0.15, 0.2) is 474 Å². The molecule has 25 aromatic carbocycles. The number of furan rings is 3. The molecule has 0 fully saturated rings. The zero-order valence-corrected chi connectivity index (χ0v) is 71.7. The third-order valence-electron chi connectivity index (χ3n) is 27.3. The fourth-order valence-corrected chi connectivity index (χ4v) is 21.5. The van der Waals surface area contributed by atoms with Crippen molar-refractivity contribution < 1.29 is 46.1 Å². The van der Waals surface area contributed by atoms with Crippen molar-refractivity contribution >= 4 is 184 Å². The van der Waals surface area contributed by atoms with Crippen molar-refractivity contribution in [2.75, 3.05) is 0 Å². The van der Waals surface area contributed by atoms with Gasteiger partial charge in [-0.3, -0.25) is 0 Å². The van der Waals surface area contributed by atoms with Crippen molar-refractivity contribution in [3.05, 3.63) is 472 Å². The van der Waals surface area contributed by atoms with Gasteiger partial charge in [-0.2, -0.15) is 0 Å².